The Morgan fingerprint density at radius 1 is 1.25 bits per heavy atom. The predicted molar refractivity (Wildman–Crippen MR) is 74.5 cm³/mol. The molecule has 1 heterocycles. The van der Waals surface area contributed by atoms with Gasteiger partial charge in [0.1, 0.15) is 11.5 Å². The summed E-state index contributed by atoms with van der Waals surface area (Å²) in [6.07, 6.45) is 4.40. The third-order valence-electron chi connectivity index (χ3n) is 4.47. The van der Waals surface area contributed by atoms with Crippen LogP contribution in [0.2, 0.25) is 0 Å². The number of carbonyl (C=O) groups is 2. The average Bonchev–Trinajstić information content (AvgIpc) is 3.06. The Kier molecular flexibility index (Phi) is 3.47. The summed E-state index contributed by atoms with van der Waals surface area (Å²) in [5, 5.41) is 9.50. The number of ketones is 1. The first-order valence-electron chi connectivity index (χ1n) is 7.29. The maximum absolute atomic E-state index is 12.6. The van der Waals surface area contributed by atoms with Gasteiger partial charge in [-0.15, -0.1) is 0 Å². The molecule has 0 bridgehead atoms. The summed E-state index contributed by atoms with van der Waals surface area (Å²) in [6, 6.07) is 6.50. The van der Waals surface area contributed by atoms with E-state index < -0.39 is 0 Å². The van der Waals surface area contributed by atoms with Gasteiger partial charge in [0.25, 0.3) is 5.91 Å². The molecule has 106 valence electrons. The number of aromatic hydroxyl groups is 1. The van der Waals surface area contributed by atoms with E-state index >= 15 is 0 Å². The number of phenols is 1. The standard InChI is InChI=1S/C16H19NO3/c18-12-5-1-4-11(10-12)16(20)17-9-3-7-14(17)13-6-2-8-15(13)19/h1,4-5,10,13-14,18H,2-3,6-9H2. The summed E-state index contributed by atoms with van der Waals surface area (Å²) in [7, 11) is 0. The first kappa shape index (κ1) is 13.2. The number of nitrogens with zero attached hydrogens (tertiary/aromatic N) is 1. The molecule has 0 spiro atoms. The molecule has 4 heteroatoms. The molecule has 0 radical (unpaired) electrons. The number of rotatable bonds is 2. The Morgan fingerprint density at radius 2 is 2.10 bits per heavy atom. The fourth-order valence-corrected chi connectivity index (χ4v) is 3.52. The summed E-state index contributed by atoms with van der Waals surface area (Å²) < 4.78 is 0. The van der Waals surface area contributed by atoms with Gasteiger partial charge in [-0.25, -0.2) is 0 Å². The summed E-state index contributed by atoms with van der Waals surface area (Å²) in [4.78, 5) is 26.4. The second-order valence-corrected chi connectivity index (χ2v) is 5.72. The van der Waals surface area contributed by atoms with Crippen molar-refractivity contribution in [1.29, 1.82) is 0 Å². The van der Waals surface area contributed by atoms with Crippen molar-refractivity contribution >= 4 is 11.7 Å². The zero-order valence-corrected chi connectivity index (χ0v) is 11.4. The lowest BCUT2D eigenvalue weighted by Crippen LogP contribution is -2.41. The van der Waals surface area contributed by atoms with Crippen LogP contribution >= 0.6 is 0 Å². The highest BCUT2D eigenvalue weighted by molar-refractivity contribution is 5.95. The monoisotopic (exact) mass is 273 g/mol. The fraction of sp³-hybridized carbons (Fsp3) is 0.500. The van der Waals surface area contributed by atoms with Crippen LogP contribution in [-0.4, -0.2) is 34.3 Å². The van der Waals surface area contributed by atoms with Crippen molar-refractivity contribution in [3.63, 3.8) is 0 Å². The Hall–Kier alpha value is -1.84. The fourth-order valence-electron chi connectivity index (χ4n) is 3.52. The highest BCUT2D eigenvalue weighted by Gasteiger charge is 2.40. The van der Waals surface area contributed by atoms with E-state index in [9.17, 15) is 14.7 Å². The Balaban J connectivity index is 1.81. The summed E-state index contributed by atoms with van der Waals surface area (Å²) in [5.41, 5.74) is 0.502. The van der Waals surface area contributed by atoms with Crippen LogP contribution in [0.1, 0.15) is 42.5 Å². The van der Waals surface area contributed by atoms with Crippen LogP contribution in [0, 0.1) is 5.92 Å². The van der Waals surface area contributed by atoms with Gasteiger partial charge < -0.3 is 10.0 Å². The molecular weight excluding hydrogens is 254 g/mol. The normalized spacial score (nSPS) is 26.2. The minimum atomic E-state index is -0.0666. The number of likely N-dealkylation sites (tertiary alicyclic amines) is 1. The minimum Gasteiger partial charge on any atom is -0.508 e. The average molecular weight is 273 g/mol. The molecule has 1 saturated carbocycles. The zero-order chi connectivity index (χ0) is 14.1. The van der Waals surface area contributed by atoms with Crippen LogP contribution < -0.4 is 0 Å². The maximum Gasteiger partial charge on any atom is 0.254 e. The first-order chi connectivity index (χ1) is 9.66. The number of benzene rings is 1. The second-order valence-electron chi connectivity index (χ2n) is 5.72. The van der Waals surface area contributed by atoms with Crippen molar-refractivity contribution < 1.29 is 14.7 Å². The number of amides is 1. The molecular formula is C16H19NO3. The van der Waals surface area contributed by atoms with E-state index in [1.54, 1.807) is 18.2 Å². The van der Waals surface area contributed by atoms with E-state index in [4.69, 9.17) is 0 Å². The SMILES string of the molecule is O=C1CCCC1C1CCCN1C(=O)c1cccc(O)c1. The van der Waals surface area contributed by atoms with Crippen molar-refractivity contribution in [1.82, 2.24) is 4.90 Å². The van der Waals surface area contributed by atoms with Crippen molar-refractivity contribution in [3.05, 3.63) is 29.8 Å². The van der Waals surface area contributed by atoms with E-state index in [1.807, 2.05) is 4.90 Å². The van der Waals surface area contributed by atoms with E-state index in [2.05, 4.69) is 0 Å². The molecule has 1 aromatic rings. The van der Waals surface area contributed by atoms with Crippen LogP contribution in [0.4, 0.5) is 0 Å². The molecule has 4 nitrogen and oxygen atoms in total. The summed E-state index contributed by atoms with van der Waals surface area (Å²) >= 11 is 0. The van der Waals surface area contributed by atoms with Crippen LogP contribution in [0.3, 0.4) is 0 Å². The zero-order valence-electron chi connectivity index (χ0n) is 11.4. The predicted octanol–water partition coefficient (Wildman–Crippen LogP) is 2.37. The molecule has 2 unspecified atom stereocenters. The largest absolute Gasteiger partial charge is 0.508 e. The quantitative estimate of drug-likeness (QED) is 0.900. The van der Waals surface area contributed by atoms with Crippen LogP contribution in [0.5, 0.6) is 5.75 Å². The Bertz CT molecular complexity index is 540. The maximum atomic E-state index is 12.6. The Morgan fingerprint density at radius 3 is 2.80 bits per heavy atom. The molecule has 1 amide bonds. The lowest BCUT2D eigenvalue weighted by molar-refractivity contribution is -0.121. The minimum absolute atomic E-state index is 0.0266. The topological polar surface area (TPSA) is 57.6 Å². The van der Waals surface area contributed by atoms with Crippen LogP contribution in [-0.2, 0) is 4.79 Å². The highest BCUT2D eigenvalue weighted by Crippen LogP contribution is 2.34. The van der Waals surface area contributed by atoms with Crippen LogP contribution in [0.25, 0.3) is 0 Å². The van der Waals surface area contributed by atoms with Gasteiger partial charge in [0.2, 0.25) is 0 Å². The molecule has 3 rings (SSSR count). The van der Waals surface area contributed by atoms with Gasteiger partial charge in [-0.1, -0.05) is 6.07 Å². The number of carbonyl (C=O) groups excluding carboxylic acids is 2. The van der Waals surface area contributed by atoms with E-state index in [-0.39, 0.29) is 23.6 Å². The van der Waals surface area contributed by atoms with E-state index in [1.165, 1.54) is 6.07 Å². The number of hydrogen-bond donors (Lipinski definition) is 1. The third kappa shape index (κ3) is 2.30. The van der Waals surface area contributed by atoms with E-state index in [0.717, 1.165) is 25.7 Å². The van der Waals surface area contributed by atoms with Crippen molar-refractivity contribution in [2.45, 2.75) is 38.1 Å². The number of Topliss-reactive ketones (excluding diaryl/α,β-unsaturated/α-hetero) is 1. The van der Waals surface area contributed by atoms with Gasteiger partial charge in [0, 0.05) is 30.5 Å². The lowest BCUT2D eigenvalue weighted by atomic mass is 9.94. The first-order valence-corrected chi connectivity index (χ1v) is 7.29. The molecule has 1 aromatic carbocycles. The van der Waals surface area contributed by atoms with E-state index in [0.29, 0.717) is 24.3 Å². The smallest absolute Gasteiger partial charge is 0.254 e. The molecule has 1 aliphatic carbocycles. The summed E-state index contributed by atoms with van der Waals surface area (Å²) in [6.45, 7) is 0.711. The van der Waals surface area contributed by atoms with Crippen molar-refractivity contribution in [2.75, 3.05) is 6.54 Å². The molecule has 1 saturated heterocycles. The van der Waals surface area contributed by atoms with Gasteiger partial charge in [-0.05, 0) is 43.9 Å². The number of hydrogen-bond acceptors (Lipinski definition) is 3. The molecule has 0 aromatic heterocycles. The van der Waals surface area contributed by atoms with Gasteiger partial charge in [0.05, 0.1) is 0 Å². The molecule has 20 heavy (non-hydrogen) atoms. The molecule has 2 fully saturated rings. The van der Waals surface area contributed by atoms with Crippen molar-refractivity contribution in [2.24, 2.45) is 5.92 Å². The lowest BCUT2D eigenvalue weighted by Gasteiger charge is -2.28. The summed E-state index contributed by atoms with van der Waals surface area (Å²) in [5.74, 6) is 0.371. The molecule has 1 aliphatic heterocycles. The third-order valence-corrected chi connectivity index (χ3v) is 4.47. The van der Waals surface area contributed by atoms with Gasteiger partial charge >= 0.3 is 0 Å². The Labute approximate surface area is 118 Å². The van der Waals surface area contributed by atoms with Gasteiger partial charge in [-0.3, -0.25) is 9.59 Å². The van der Waals surface area contributed by atoms with Gasteiger partial charge in [-0.2, -0.15) is 0 Å². The van der Waals surface area contributed by atoms with Crippen molar-refractivity contribution in [3.8, 4) is 5.75 Å². The molecule has 2 aliphatic rings. The molecule has 2 atom stereocenters. The van der Waals surface area contributed by atoms with Gasteiger partial charge in [0.15, 0.2) is 0 Å². The molecule has 1 N–H and O–H groups in total. The van der Waals surface area contributed by atoms with Crippen LogP contribution in [0.15, 0.2) is 24.3 Å². The highest BCUT2D eigenvalue weighted by atomic mass is 16.3. The second kappa shape index (κ2) is 5.27. The number of phenolic OH excluding ortho intramolecular Hbond substituents is 1.